The monoisotopic (exact) mass is 311 g/mol. The topological polar surface area (TPSA) is 55.4 Å². The average molecular weight is 311 g/mol. The molecule has 0 fully saturated rings. The number of hydrogen-bond acceptors (Lipinski definition) is 3. The van der Waals surface area contributed by atoms with Crippen LogP contribution in [0.25, 0.3) is 0 Å². The standard InChI is InChI=1S/C19H21NO3/c1-12-9-13(2)14(3)18(10-12)23-19(22)17-7-5-16(6-8-17)11-20-15(4)21/h5-10H,11H2,1-4H3,(H,20,21). The van der Waals surface area contributed by atoms with E-state index in [4.69, 9.17) is 4.74 Å². The molecule has 4 heteroatoms. The number of aryl methyl sites for hydroxylation is 2. The molecule has 2 aromatic carbocycles. The van der Waals surface area contributed by atoms with E-state index in [1.54, 1.807) is 24.3 Å². The minimum absolute atomic E-state index is 0.0845. The van der Waals surface area contributed by atoms with E-state index in [-0.39, 0.29) is 11.9 Å². The Hall–Kier alpha value is -2.62. The summed E-state index contributed by atoms with van der Waals surface area (Å²) >= 11 is 0. The Morgan fingerprint density at radius 1 is 1.04 bits per heavy atom. The molecule has 1 N–H and O–H groups in total. The first-order valence-electron chi connectivity index (χ1n) is 7.50. The van der Waals surface area contributed by atoms with E-state index in [0.717, 1.165) is 22.3 Å². The molecular weight excluding hydrogens is 290 g/mol. The first kappa shape index (κ1) is 16.7. The summed E-state index contributed by atoms with van der Waals surface area (Å²) < 4.78 is 5.52. The van der Waals surface area contributed by atoms with Crippen LogP contribution in [-0.4, -0.2) is 11.9 Å². The van der Waals surface area contributed by atoms with E-state index < -0.39 is 0 Å². The highest BCUT2D eigenvalue weighted by Crippen LogP contribution is 2.24. The molecule has 0 aromatic heterocycles. The van der Waals surface area contributed by atoms with Crippen LogP contribution in [0.1, 0.15) is 39.5 Å². The third-order valence-electron chi connectivity index (χ3n) is 3.70. The predicted molar refractivity (Wildman–Crippen MR) is 89.6 cm³/mol. The van der Waals surface area contributed by atoms with Crippen molar-refractivity contribution in [3.8, 4) is 5.75 Å². The van der Waals surface area contributed by atoms with Gasteiger partial charge in [-0.05, 0) is 61.2 Å². The summed E-state index contributed by atoms with van der Waals surface area (Å²) in [5.74, 6) is 0.123. The van der Waals surface area contributed by atoms with Gasteiger partial charge in [0.1, 0.15) is 5.75 Å². The van der Waals surface area contributed by atoms with Crippen LogP contribution in [0.2, 0.25) is 0 Å². The van der Waals surface area contributed by atoms with Crippen LogP contribution < -0.4 is 10.1 Å². The Morgan fingerprint density at radius 3 is 2.30 bits per heavy atom. The summed E-state index contributed by atoms with van der Waals surface area (Å²) in [4.78, 5) is 23.2. The Balaban J connectivity index is 2.11. The number of amides is 1. The van der Waals surface area contributed by atoms with Crippen LogP contribution in [0, 0.1) is 20.8 Å². The van der Waals surface area contributed by atoms with Crippen molar-refractivity contribution in [2.75, 3.05) is 0 Å². The zero-order valence-electron chi connectivity index (χ0n) is 13.9. The molecule has 0 heterocycles. The zero-order chi connectivity index (χ0) is 17.0. The second-order valence-corrected chi connectivity index (χ2v) is 5.70. The van der Waals surface area contributed by atoms with Crippen LogP contribution in [0.15, 0.2) is 36.4 Å². The Kier molecular flexibility index (Phi) is 5.16. The van der Waals surface area contributed by atoms with E-state index in [1.165, 1.54) is 6.92 Å². The van der Waals surface area contributed by atoms with Gasteiger partial charge in [0, 0.05) is 13.5 Å². The molecule has 1 amide bonds. The fourth-order valence-electron chi connectivity index (χ4n) is 2.25. The van der Waals surface area contributed by atoms with E-state index in [1.807, 2.05) is 26.8 Å². The molecule has 120 valence electrons. The van der Waals surface area contributed by atoms with Crippen LogP contribution in [0.4, 0.5) is 0 Å². The molecule has 0 bridgehead atoms. The van der Waals surface area contributed by atoms with E-state index in [2.05, 4.69) is 11.4 Å². The van der Waals surface area contributed by atoms with E-state index in [9.17, 15) is 9.59 Å². The first-order chi connectivity index (χ1) is 10.9. The van der Waals surface area contributed by atoms with Gasteiger partial charge in [-0.25, -0.2) is 4.79 Å². The second-order valence-electron chi connectivity index (χ2n) is 5.70. The molecule has 0 aliphatic heterocycles. The Bertz CT molecular complexity index is 733. The highest BCUT2D eigenvalue weighted by Gasteiger charge is 2.12. The van der Waals surface area contributed by atoms with E-state index >= 15 is 0 Å². The molecule has 0 atom stereocenters. The lowest BCUT2D eigenvalue weighted by Crippen LogP contribution is -2.19. The van der Waals surface area contributed by atoms with Gasteiger partial charge in [-0.1, -0.05) is 18.2 Å². The normalized spacial score (nSPS) is 10.3. The fourth-order valence-corrected chi connectivity index (χ4v) is 2.25. The molecular formula is C19H21NO3. The summed E-state index contributed by atoms with van der Waals surface area (Å²) in [6, 6.07) is 10.9. The largest absolute Gasteiger partial charge is 0.423 e. The lowest BCUT2D eigenvalue weighted by atomic mass is 10.1. The maximum absolute atomic E-state index is 12.3. The summed E-state index contributed by atoms with van der Waals surface area (Å²) in [5.41, 5.74) is 4.53. The SMILES string of the molecule is CC(=O)NCc1ccc(C(=O)Oc2cc(C)cc(C)c2C)cc1. The first-order valence-corrected chi connectivity index (χ1v) is 7.50. The van der Waals surface area contributed by atoms with Crippen LogP contribution in [-0.2, 0) is 11.3 Å². The summed E-state index contributed by atoms with van der Waals surface area (Å²) in [7, 11) is 0. The van der Waals surface area contributed by atoms with Crippen LogP contribution in [0.5, 0.6) is 5.75 Å². The molecule has 0 radical (unpaired) electrons. The van der Waals surface area contributed by atoms with Crippen molar-refractivity contribution in [2.24, 2.45) is 0 Å². The van der Waals surface area contributed by atoms with Gasteiger partial charge in [-0.15, -0.1) is 0 Å². The molecule has 2 aromatic rings. The number of esters is 1. The molecule has 23 heavy (non-hydrogen) atoms. The van der Waals surface area contributed by atoms with Gasteiger partial charge in [0.25, 0.3) is 0 Å². The quantitative estimate of drug-likeness (QED) is 0.695. The third kappa shape index (κ3) is 4.42. The average Bonchev–Trinajstić information content (AvgIpc) is 2.50. The van der Waals surface area contributed by atoms with Crippen LogP contribution in [0.3, 0.4) is 0 Å². The minimum Gasteiger partial charge on any atom is -0.423 e. The van der Waals surface area contributed by atoms with Gasteiger partial charge in [-0.2, -0.15) is 0 Å². The van der Waals surface area contributed by atoms with Crippen molar-refractivity contribution in [2.45, 2.75) is 34.2 Å². The van der Waals surface area contributed by atoms with E-state index in [0.29, 0.717) is 17.9 Å². The van der Waals surface area contributed by atoms with Crippen molar-refractivity contribution >= 4 is 11.9 Å². The number of rotatable bonds is 4. The second kappa shape index (κ2) is 7.09. The van der Waals surface area contributed by atoms with Gasteiger partial charge in [0.2, 0.25) is 5.91 Å². The molecule has 2 rings (SSSR count). The van der Waals surface area contributed by atoms with Gasteiger partial charge < -0.3 is 10.1 Å². The molecule has 0 aliphatic rings. The van der Waals surface area contributed by atoms with Crippen molar-refractivity contribution in [3.05, 3.63) is 64.2 Å². The third-order valence-corrected chi connectivity index (χ3v) is 3.70. The minimum atomic E-state index is -0.385. The molecule has 0 saturated carbocycles. The van der Waals surface area contributed by atoms with Gasteiger partial charge in [0.05, 0.1) is 5.56 Å². The maximum atomic E-state index is 12.3. The van der Waals surface area contributed by atoms with Gasteiger partial charge in [-0.3, -0.25) is 4.79 Å². The number of benzene rings is 2. The lowest BCUT2D eigenvalue weighted by Gasteiger charge is -2.11. The predicted octanol–water partition coefficient (Wildman–Crippen LogP) is 3.47. The summed E-state index contributed by atoms with van der Waals surface area (Å²) in [5, 5.41) is 2.72. The summed E-state index contributed by atoms with van der Waals surface area (Å²) in [6.45, 7) is 7.82. The smallest absolute Gasteiger partial charge is 0.343 e. The molecule has 0 aliphatic carbocycles. The fraction of sp³-hybridized carbons (Fsp3) is 0.263. The number of nitrogens with one attached hydrogen (secondary N) is 1. The number of carbonyl (C=O) groups is 2. The molecule has 0 unspecified atom stereocenters. The maximum Gasteiger partial charge on any atom is 0.343 e. The highest BCUT2D eigenvalue weighted by molar-refractivity contribution is 5.91. The number of carbonyl (C=O) groups excluding carboxylic acids is 2. The molecule has 0 saturated heterocycles. The number of hydrogen-bond donors (Lipinski definition) is 1. The lowest BCUT2D eigenvalue weighted by molar-refractivity contribution is -0.119. The van der Waals surface area contributed by atoms with Crippen molar-refractivity contribution in [1.29, 1.82) is 0 Å². The zero-order valence-corrected chi connectivity index (χ0v) is 13.9. The van der Waals surface area contributed by atoms with Crippen molar-refractivity contribution < 1.29 is 14.3 Å². The molecule has 0 spiro atoms. The summed E-state index contributed by atoms with van der Waals surface area (Å²) in [6.07, 6.45) is 0. The Labute approximate surface area is 136 Å². The van der Waals surface area contributed by atoms with Gasteiger partial charge >= 0.3 is 5.97 Å². The van der Waals surface area contributed by atoms with Crippen molar-refractivity contribution in [1.82, 2.24) is 5.32 Å². The highest BCUT2D eigenvalue weighted by atomic mass is 16.5. The van der Waals surface area contributed by atoms with Gasteiger partial charge in [0.15, 0.2) is 0 Å². The number of ether oxygens (including phenoxy) is 1. The Morgan fingerprint density at radius 2 is 1.70 bits per heavy atom. The van der Waals surface area contributed by atoms with Crippen LogP contribution >= 0.6 is 0 Å². The van der Waals surface area contributed by atoms with Crippen molar-refractivity contribution in [3.63, 3.8) is 0 Å². The molecule has 4 nitrogen and oxygen atoms in total.